The fourth-order valence-corrected chi connectivity index (χ4v) is 2.70. The molecule has 0 bridgehead atoms. The van der Waals surface area contributed by atoms with Gasteiger partial charge in [0.25, 0.3) is 0 Å². The van der Waals surface area contributed by atoms with Crippen LogP contribution in [0, 0.1) is 0 Å². The Labute approximate surface area is 147 Å². The highest BCUT2D eigenvalue weighted by Gasteiger charge is 1.90. The molecular formula is C14H26Br4. The molecule has 4 heteroatoms. The lowest BCUT2D eigenvalue weighted by molar-refractivity contribution is 0.588. The molecule has 0 unspecified atom stereocenters. The molecule has 0 amide bonds. The van der Waals surface area contributed by atoms with Crippen LogP contribution in [0.2, 0.25) is 0 Å². The molecule has 0 rings (SSSR count). The summed E-state index contributed by atoms with van der Waals surface area (Å²) < 4.78 is 0. The Hall–Kier alpha value is 1.66. The molecule has 0 N–H and O–H groups in total. The first kappa shape index (κ1) is 21.9. The van der Waals surface area contributed by atoms with Crippen molar-refractivity contribution in [2.24, 2.45) is 0 Å². The summed E-state index contributed by atoms with van der Waals surface area (Å²) in [6, 6.07) is 0. The first-order valence-electron chi connectivity index (χ1n) is 6.72. The van der Waals surface area contributed by atoms with Gasteiger partial charge in [0, 0.05) is 21.3 Å². The van der Waals surface area contributed by atoms with Gasteiger partial charge >= 0.3 is 0 Å². The Morgan fingerprint density at radius 3 is 0.944 bits per heavy atom. The van der Waals surface area contributed by atoms with Crippen LogP contribution in [0.1, 0.15) is 51.4 Å². The zero-order chi connectivity index (χ0) is 13.9. The maximum Gasteiger partial charge on any atom is 0.0212 e. The number of unbranched alkanes of at least 4 members (excludes halogenated alkanes) is 7. The van der Waals surface area contributed by atoms with Gasteiger partial charge in [0.2, 0.25) is 0 Å². The summed E-state index contributed by atoms with van der Waals surface area (Å²) >= 11 is 13.4. The predicted molar refractivity (Wildman–Crippen MR) is 101 cm³/mol. The van der Waals surface area contributed by atoms with E-state index in [0.717, 1.165) is 10.7 Å². The van der Waals surface area contributed by atoms with Gasteiger partial charge in [-0.1, -0.05) is 114 Å². The smallest absolute Gasteiger partial charge is 0.0212 e. The van der Waals surface area contributed by atoms with Crippen LogP contribution in [-0.2, 0) is 0 Å². The molecule has 0 radical (unpaired) electrons. The monoisotopic (exact) mass is 510 g/mol. The summed E-state index contributed by atoms with van der Waals surface area (Å²) in [7, 11) is 0. The summed E-state index contributed by atoms with van der Waals surface area (Å²) in [6.07, 6.45) is 15.4. The van der Waals surface area contributed by atoms with Crippen molar-refractivity contribution in [3.05, 3.63) is 12.2 Å². The lowest BCUT2D eigenvalue weighted by Crippen LogP contribution is -1.81. The van der Waals surface area contributed by atoms with E-state index in [0.29, 0.717) is 0 Å². The minimum atomic E-state index is 0.957. The van der Waals surface area contributed by atoms with Gasteiger partial charge in [0.1, 0.15) is 0 Å². The highest BCUT2D eigenvalue weighted by atomic mass is 79.9. The first-order valence-corrected chi connectivity index (χ1v) is 11.2. The van der Waals surface area contributed by atoms with Gasteiger partial charge in [-0.05, 0) is 12.8 Å². The van der Waals surface area contributed by atoms with Crippen molar-refractivity contribution in [3.8, 4) is 0 Å². The second-order valence-electron chi connectivity index (χ2n) is 3.99. The molecule has 0 aromatic rings. The van der Waals surface area contributed by atoms with E-state index in [1.165, 1.54) is 62.0 Å². The highest BCUT2D eigenvalue weighted by Crippen LogP contribution is 2.09. The summed E-state index contributed by atoms with van der Waals surface area (Å²) in [5, 5.41) is 4.27. The summed E-state index contributed by atoms with van der Waals surface area (Å²) in [6.45, 7) is 0. The number of allylic oxidation sites excluding steroid dienone is 2. The Kier molecular flexibility index (Phi) is 28.9. The third kappa shape index (κ3) is 26.3. The van der Waals surface area contributed by atoms with Crippen molar-refractivity contribution < 1.29 is 0 Å². The quantitative estimate of drug-likeness (QED) is 0.155. The van der Waals surface area contributed by atoms with E-state index in [-0.39, 0.29) is 0 Å². The van der Waals surface area contributed by atoms with E-state index in [1.54, 1.807) is 0 Å². The molecule has 0 spiro atoms. The van der Waals surface area contributed by atoms with Gasteiger partial charge in [-0.3, -0.25) is 0 Å². The van der Waals surface area contributed by atoms with Crippen LogP contribution in [0.25, 0.3) is 0 Å². The molecule has 110 valence electrons. The molecule has 18 heavy (non-hydrogen) atoms. The van der Waals surface area contributed by atoms with Crippen molar-refractivity contribution in [3.63, 3.8) is 0 Å². The molecule has 0 saturated heterocycles. The molecule has 0 fully saturated rings. The largest absolute Gasteiger partial charge is 0.0928 e. The fraction of sp³-hybridized carbons (Fsp3) is 0.857. The van der Waals surface area contributed by atoms with E-state index in [1.807, 2.05) is 0 Å². The first-order chi connectivity index (χ1) is 8.83. The van der Waals surface area contributed by atoms with Gasteiger partial charge in [0.15, 0.2) is 0 Å². The Morgan fingerprint density at radius 2 is 0.722 bits per heavy atom. The predicted octanol–water partition coefficient (Wildman–Crippen LogP) is 7.23. The van der Waals surface area contributed by atoms with Crippen LogP contribution in [-0.4, -0.2) is 21.3 Å². The Bertz CT molecular complexity index is 133. The van der Waals surface area contributed by atoms with Crippen molar-refractivity contribution in [1.29, 1.82) is 0 Å². The van der Waals surface area contributed by atoms with E-state index in [9.17, 15) is 0 Å². The average Bonchev–Trinajstić information content (AvgIpc) is 2.40. The molecule has 0 aliphatic heterocycles. The summed E-state index contributed by atoms with van der Waals surface area (Å²) in [5.74, 6) is 0. The number of halogens is 4. The van der Waals surface area contributed by atoms with E-state index in [2.05, 4.69) is 75.9 Å². The Balaban J connectivity index is 0. The van der Waals surface area contributed by atoms with Gasteiger partial charge in [-0.2, -0.15) is 0 Å². The third-order valence-electron chi connectivity index (χ3n) is 2.36. The van der Waals surface area contributed by atoms with Gasteiger partial charge in [-0.15, -0.1) is 0 Å². The van der Waals surface area contributed by atoms with Gasteiger partial charge in [0.05, 0.1) is 0 Å². The molecule has 0 aliphatic carbocycles. The topological polar surface area (TPSA) is 0 Å². The molecule has 0 aromatic carbocycles. The zero-order valence-corrected chi connectivity index (χ0v) is 17.5. The summed E-state index contributed by atoms with van der Waals surface area (Å²) in [4.78, 5) is 0. The third-order valence-corrected chi connectivity index (χ3v) is 4.23. The van der Waals surface area contributed by atoms with Crippen molar-refractivity contribution >= 4 is 63.7 Å². The molecule has 0 saturated carbocycles. The van der Waals surface area contributed by atoms with Gasteiger partial charge < -0.3 is 0 Å². The minimum Gasteiger partial charge on any atom is -0.0928 e. The lowest BCUT2D eigenvalue weighted by Gasteiger charge is -1.99. The van der Waals surface area contributed by atoms with E-state index in [4.69, 9.17) is 0 Å². The van der Waals surface area contributed by atoms with E-state index >= 15 is 0 Å². The fourth-order valence-electron chi connectivity index (χ4n) is 1.38. The number of hydrogen-bond donors (Lipinski definition) is 0. The maximum atomic E-state index is 3.45. The lowest BCUT2D eigenvalue weighted by atomic mass is 10.1. The molecule has 0 atom stereocenters. The number of alkyl halides is 4. The van der Waals surface area contributed by atoms with Crippen LogP contribution in [0.3, 0.4) is 0 Å². The normalized spacial score (nSPS) is 10.4. The molecule has 0 nitrogen and oxygen atoms in total. The van der Waals surface area contributed by atoms with Crippen molar-refractivity contribution in [2.45, 2.75) is 51.4 Å². The number of rotatable bonds is 11. The van der Waals surface area contributed by atoms with E-state index < -0.39 is 0 Å². The van der Waals surface area contributed by atoms with Crippen LogP contribution >= 0.6 is 63.7 Å². The van der Waals surface area contributed by atoms with Crippen molar-refractivity contribution in [1.82, 2.24) is 0 Å². The minimum absolute atomic E-state index is 0.957. The average molecular weight is 514 g/mol. The van der Waals surface area contributed by atoms with Crippen LogP contribution < -0.4 is 0 Å². The molecule has 0 aliphatic rings. The van der Waals surface area contributed by atoms with Crippen LogP contribution in [0.15, 0.2) is 12.2 Å². The second-order valence-corrected chi connectivity index (χ2v) is 6.87. The maximum absolute atomic E-state index is 3.45. The standard InChI is InChI=1S/C10H20Br2.C4H6Br2/c11-9-7-5-3-1-2-4-6-8-10-12;5-3-1-2-4-6/h1-10H2;1-2H,3-4H2. The molecule has 0 heterocycles. The highest BCUT2D eigenvalue weighted by molar-refractivity contribution is 9.09. The van der Waals surface area contributed by atoms with Crippen LogP contribution in [0.5, 0.6) is 0 Å². The molecule has 0 aromatic heterocycles. The van der Waals surface area contributed by atoms with Crippen molar-refractivity contribution in [2.75, 3.05) is 21.3 Å². The van der Waals surface area contributed by atoms with Crippen LogP contribution in [0.4, 0.5) is 0 Å². The zero-order valence-electron chi connectivity index (χ0n) is 11.2. The molecular weight excluding hydrogens is 488 g/mol. The summed E-state index contributed by atoms with van der Waals surface area (Å²) in [5.41, 5.74) is 0. The number of hydrogen-bond acceptors (Lipinski definition) is 0. The SMILES string of the molecule is BrCC=CCBr.BrCCCCCCCCCCBr. The Morgan fingerprint density at radius 1 is 0.444 bits per heavy atom. The second kappa shape index (κ2) is 23.7. The van der Waals surface area contributed by atoms with Gasteiger partial charge in [-0.25, -0.2) is 0 Å².